The van der Waals surface area contributed by atoms with Crippen molar-refractivity contribution in [1.29, 1.82) is 0 Å². The molecular formula is C19H27N3O3. The molecule has 0 saturated heterocycles. The van der Waals surface area contributed by atoms with Crippen molar-refractivity contribution in [3.8, 4) is 0 Å². The van der Waals surface area contributed by atoms with Crippen molar-refractivity contribution in [2.24, 2.45) is 0 Å². The lowest BCUT2D eigenvalue weighted by molar-refractivity contribution is 0.154. The lowest BCUT2D eigenvalue weighted by atomic mass is 10.0. The molecule has 0 aliphatic carbocycles. The van der Waals surface area contributed by atoms with E-state index in [1.54, 1.807) is 6.26 Å². The Hall–Kier alpha value is -2.31. The Kier molecular flexibility index (Phi) is 7.03. The third kappa shape index (κ3) is 5.92. The van der Waals surface area contributed by atoms with Gasteiger partial charge in [0.15, 0.2) is 0 Å². The van der Waals surface area contributed by atoms with E-state index in [0.29, 0.717) is 13.0 Å². The molecule has 25 heavy (non-hydrogen) atoms. The predicted molar refractivity (Wildman–Crippen MR) is 97.2 cm³/mol. The zero-order chi connectivity index (χ0) is 18.2. The second-order valence-electron chi connectivity index (χ2n) is 6.41. The minimum atomic E-state index is -0.603. The van der Waals surface area contributed by atoms with E-state index in [-0.39, 0.29) is 18.1 Å². The normalized spacial score (nSPS) is 14.8. The van der Waals surface area contributed by atoms with Crippen LogP contribution in [0.4, 0.5) is 4.79 Å². The highest BCUT2D eigenvalue weighted by atomic mass is 16.3. The highest BCUT2D eigenvalue weighted by molar-refractivity contribution is 5.74. The van der Waals surface area contributed by atoms with Gasteiger partial charge in [-0.15, -0.1) is 0 Å². The number of amides is 2. The molecule has 2 rings (SSSR count). The Morgan fingerprint density at radius 3 is 2.52 bits per heavy atom. The van der Waals surface area contributed by atoms with E-state index in [0.717, 1.165) is 11.3 Å². The predicted octanol–water partition coefficient (Wildman–Crippen LogP) is 2.69. The molecule has 3 N–H and O–H groups in total. The largest absolute Gasteiger partial charge is 0.468 e. The number of carbonyl (C=O) groups is 1. The number of benzene rings is 1. The van der Waals surface area contributed by atoms with Crippen molar-refractivity contribution in [2.45, 2.75) is 31.5 Å². The summed E-state index contributed by atoms with van der Waals surface area (Å²) in [4.78, 5) is 14.1. The fourth-order valence-electron chi connectivity index (χ4n) is 2.69. The molecule has 1 heterocycles. The van der Waals surface area contributed by atoms with Crippen LogP contribution < -0.4 is 10.6 Å². The highest BCUT2D eigenvalue weighted by Crippen LogP contribution is 2.18. The van der Waals surface area contributed by atoms with Crippen LogP contribution in [0, 0.1) is 0 Å². The van der Waals surface area contributed by atoms with Crippen LogP contribution >= 0.6 is 0 Å². The Balaban J connectivity index is 1.79. The summed E-state index contributed by atoms with van der Waals surface area (Å²) in [6.45, 7) is 2.31. The fourth-order valence-corrected chi connectivity index (χ4v) is 2.69. The minimum absolute atomic E-state index is 0.0361. The maximum absolute atomic E-state index is 12.1. The van der Waals surface area contributed by atoms with E-state index in [1.165, 1.54) is 0 Å². The number of carbonyl (C=O) groups excluding carboxylic acids is 1. The summed E-state index contributed by atoms with van der Waals surface area (Å²) in [6, 6.07) is 12.7. The van der Waals surface area contributed by atoms with Gasteiger partial charge in [-0.1, -0.05) is 30.3 Å². The zero-order valence-electron chi connectivity index (χ0n) is 15.0. The highest BCUT2D eigenvalue weighted by Gasteiger charge is 2.19. The Bertz CT molecular complexity index is 629. The first-order chi connectivity index (χ1) is 12.0. The quantitative estimate of drug-likeness (QED) is 0.687. The second kappa shape index (κ2) is 9.25. The number of aliphatic hydroxyl groups excluding tert-OH is 1. The van der Waals surface area contributed by atoms with Gasteiger partial charge in [0, 0.05) is 12.6 Å². The molecule has 0 saturated carbocycles. The van der Waals surface area contributed by atoms with Gasteiger partial charge < -0.3 is 20.2 Å². The van der Waals surface area contributed by atoms with Crippen LogP contribution in [0.5, 0.6) is 0 Å². The number of nitrogens with one attached hydrogen (secondary N) is 2. The molecule has 0 aliphatic heterocycles. The average molecular weight is 345 g/mol. The number of aliphatic hydroxyl groups is 1. The zero-order valence-corrected chi connectivity index (χ0v) is 15.0. The smallest absolute Gasteiger partial charge is 0.315 e. The first-order valence-electron chi connectivity index (χ1n) is 8.44. The van der Waals surface area contributed by atoms with Crippen LogP contribution in [0.2, 0.25) is 0 Å². The van der Waals surface area contributed by atoms with Gasteiger partial charge in [-0.2, -0.15) is 0 Å². The molecule has 2 aromatic rings. The molecule has 0 radical (unpaired) electrons. The van der Waals surface area contributed by atoms with Crippen LogP contribution in [0.3, 0.4) is 0 Å². The Morgan fingerprint density at radius 1 is 1.20 bits per heavy atom. The first kappa shape index (κ1) is 19.0. The summed E-state index contributed by atoms with van der Waals surface area (Å²) in [5.41, 5.74) is 0.849. The molecular weight excluding hydrogens is 318 g/mol. The van der Waals surface area contributed by atoms with Crippen molar-refractivity contribution in [3.05, 3.63) is 60.1 Å². The van der Waals surface area contributed by atoms with Gasteiger partial charge in [0.2, 0.25) is 0 Å². The number of rotatable bonds is 8. The van der Waals surface area contributed by atoms with Crippen LogP contribution in [-0.2, 0) is 0 Å². The maximum Gasteiger partial charge on any atom is 0.315 e. The van der Waals surface area contributed by atoms with Crippen LogP contribution in [-0.4, -0.2) is 42.7 Å². The van der Waals surface area contributed by atoms with Crippen molar-refractivity contribution >= 4 is 6.03 Å². The van der Waals surface area contributed by atoms with E-state index in [4.69, 9.17) is 4.42 Å². The monoisotopic (exact) mass is 345 g/mol. The van der Waals surface area contributed by atoms with Gasteiger partial charge in [0.25, 0.3) is 0 Å². The van der Waals surface area contributed by atoms with Gasteiger partial charge in [0.05, 0.1) is 18.4 Å². The lowest BCUT2D eigenvalue weighted by Crippen LogP contribution is -2.44. The van der Waals surface area contributed by atoms with E-state index in [9.17, 15) is 9.90 Å². The number of likely N-dealkylation sites (N-methyl/N-ethyl adjacent to an activating group) is 1. The summed E-state index contributed by atoms with van der Waals surface area (Å²) in [5, 5.41) is 16.0. The average Bonchev–Trinajstić information content (AvgIpc) is 3.09. The van der Waals surface area contributed by atoms with Gasteiger partial charge in [0.1, 0.15) is 5.76 Å². The van der Waals surface area contributed by atoms with Crippen LogP contribution in [0.1, 0.15) is 36.8 Å². The van der Waals surface area contributed by atoms with Crippen LogP contribution in [0.15, 0.2) is 53.1 Å². The molecule has 6 nitrogen and oxygen atoms in total. The Morgan fingerprint density at radius 2 is 1.92 bits per heavy atom. The number of nitrogens with zero attached hydrogens (tertiary/aromatic N) is 1. The third-order valence-electron chi connectivity index (χ3n) is 4.09. The summed E-state index contributed by atoms with van der Waals surface area (Å²) in [7, 11) is 3.87. The molecule has 0 spiro atoms. The van der Waals surface area contributed by atoms with Gasteiger partial charge >= 0.3 is 6.03 Å². The summed E-state index contributed by atoms with van der Waals surface area (Å²) in [5.74, 6) is 0.804. The van der Waals surface area contributed by atoms with Gasteiger partial charge in [-0.25, -0.2) is 4.79 Å². The molecule has 1 aromatic heterocycles. The van der Waals surface area contributed by atoms with Crippen molar-refractivity contribution in [3.63, 3.8) is 0 Å². The van der Waals surface area contributed by atoms with Gasteiger partial charge in [-0.05, 0) is 45.1 Å². The van der Waals surface area contributed by atoms with Gasteiger partial charge in [-0.3, -0.25) is 4.90 Å². The second-order valence-corrected chi connectivity index (χ2v) is 6.41. The minimum Gasteiger partial charge on any atom is -0.468 e. The number of urea groups is 1. The molecule has 3 atom stereocenters. The number of furan rings is 1. The molecule has 0 bridgehead atoms. The van der Waals surface area contributed by atoms with Crippen LogP contribution in [0.25, 0.3) is 0 Å². The molecule has 3 unspecified atom stereocenters. The summed E-state index contributed by atoms with van der Waals surface area (Å²) < 4.78 is 5.43. The topological polar surface area (TPSA) is 77.7 Å². The Labute approximate surface area is 148 Å². The standard InChI is InChI=1S/C19H27N3O3/c1-14(12-17(23)15-8-5-4-6-9-15)21-19(24)20-13-16(22(2)3)18-10-7-11-25-18/h4-11,14,16-17,23H,12-13H2,1-3H3,(H2,20,21,24). The van der Waals surface area contributed by atoms with E-state index < -0.39 is 6.10 Å². The molecule has 6 heteroatoms. The first-order valence-corrected chi connectivity index (χ1v) is 8.44. The molecule has 0 aliphatic rings. The van der Waals surface area contributed by atoms with E-state index in [2.05, 4.69) is 10.6 Å². The maximum atomic E-state index is 12.1. The molecule has 2 amide bonds. The number of hydrogen-bond donors (Lipinski definition) is 3. The summed E-state index contributed by atoms with van der Waals surface area (Å²) >= 11 is 0. The lowest BCUT2D eigenvalue weighted by Gasteiger charge is -2.23. The summed E-state index contributed by atoms with van der Waals surface area (Å²) in [6.07, 6.45) is 1.47. The molecule has 1 aromatic carbocycles. The number of hydrogen-bond acceptors (Lipinski definition) is 4. The fraction of sp³-hybridized carbons (Fsp3) is 0.421. The van der Waals surface area contributed by atoms with Crippen molar-refractivity contribution < 1.29 is 14.3 Å². The molecule has 0 fully saturated rings. The van der Waals surface area contributed by atoms with E-state index >= 15 is 0 Å². The van der Waals surface area contributed by atoms with Crippen molar-refractivity contribution in [2.75, 3.05) is 20.6 Å². The SMILES string of the molecule is CC(CC(O)c1ccccc1)NC(=O)NCC(c1ccco1)N(C)C. The third-order valence-corrected chi connectivity index (χ3v) is 4.09. The van der Waals surface area contributed by atoms with E-state index in [1.807, 2.05) is 68.4 Å². The van der Waals surface area contributed by atoms with Crippen molar-refractivity contribution in [1.82, 2.24) is 15.5 Å². The molecule has 136 valence electrons.